The van der Waals surface area contributed by atoms with Gasteiger partial charge in [0.2, 0.25) is 0 Å². The second-order valence-corrected chi connectivity index (χ2v) is 4.39. The second-order valence-electron chi connectivity index (χ2n) is 4.39. The van der Waals surface area contributed by atoms with Crippen molar-refractivity contribution >= 4 is 0 Å². The van der Waals surface area contributed by atoms with Crippen molar-refractivity contribution in [2.24, 2.45) is 5.92 Å². The summed E-state index contributed by atoms with van der Waals surface area (Å²) in [6.07, 6.45) is 1.16. The van der Waals surface area contributed by atoms with E-state index in [1.54, 1.807) is 12.1 Å². The van der Waals surface area contributed by atoms with Crippen LogP contribution in [0, 0.1) is 5.92 Å². The molecule has 1 rings (SSSR count). The number of hydrogen-bond donors (Lipinski definition) is 1. The summed E-state index contributed by atoms with van der Waals surface area (Å²) in [7, 11) is 4.20. The molecule has 15 heavy (non-hydrogen) atoms. The van der Waals surface area contributed by atoms with E-state index in [0.717, 1.165) is 6.42 Å². The second kappa shape index (κ2) is 5.17. The van der Waals surface area contributed by atoms with Crippen LogP contribution in [-0.4, -0.2) is 24.1 Å². The molecule has 0 radical (unpaired) electrons. The Bertz CT molecular complexity index is 292. The summed E-state index contributed by atoms with van der Waals surface area (Å²) in [5, 5.41) is 9.26. The third kappa shape index (κ3) is 2.96. The quantitative estimate of drug-likeness (QED) is 0.820. The van der Waals surface area contributed by atoms with Crippen LogP contribution in [-0.2, 0) is 0 Å². The van der Waals surface area contributed by atoms with E-state index in [9.17, 15) is 5.11 Å². The molecule has 84 valence electrons. The maximum Gasteiger partial charge on any atom is 0.115 e. The minimum Gasteiger partial charge on any atom is -0.508 e. The van der Waals surface area contributed by atoms with Gasteiger partial charge in [-0.3, -0.25) is 0 Å². The fraction of sp³-hybridized carbons (Fsp3) is 0.538. The lowest BCUT2D eigenvalue weighted by atomic mass is 9.91. The van der Waals surface area contributed by atoms with Gasteiger partial charge >= 0.3 is 0 Å². The first kappa shape index (κ1) is 12.1. The lowest BCUT2D eigenvalue weighted by Gasteiger charge is -2.30. The smallest absolute Gasteiger partial charge is 0.115 e. The highest BCUT2D eigenvalue weighted by Crippen LogP contribution is 2.29. The van der Waals surface area contributed by atoms with Gasteiger partial charge in [0.1, 0.15) is 5.75 Å². The largest absolute Gasteiger partial charge is 0.508 e. The van der Waals surface area contributed by atoms with E-state index < -0.39 is 0 Å². The monoisotopic (exact) mass is 207 g/mol. The average Bonchev–Trinajstić information content (AvgIpc) is 2.20. The molecule has 2 heteroatoms. The van der Waals surface area contributed by atoms with Gasteiger partial charge in [0.25, 0.3) is 0 Å². The average molecular weight is 207 g/mol. The molecule has 1 aromatic rings. The summed E-state index contributed by atoms with van der Waals surface area (Å²) in [5.41, 5.74) is 1.27. The summed E-state index contributed by atoms with van der Waals surface area (Å²) in [6.45, 7) is 4.47. The number of phenols is 1. The molecule has 0 bridgehead atoms. The Labute approximate surface area is 92.5 Å². The van der Waals surface area contributed by atoms with Crippen LogP contribution in [0.15, 0.2) is 24.3 Å². The van der Waals surface area contributed by atoms with Crippen LogP contribution in [0.5, 0.6) is 5.75 Å². The fourth-order valence-corrected chi connectivity index (χ4v) is 2.03. The van der Waals surface area contributed by atoms with Gasteiger partial charge in [-0.2, -0.15) is 0 Å². The number of nitrogens with zero attached hydrogens (tertiary/aromatic N) is 1. The summed E-state index contributed by atoms with van der Waals surface area (Å²) in [6, 6.07) is 7.96. The number of aromatic hydroxyl groups is 1. The standard InChI is InChI=1S/C13H21NO/c1-5-10(2)13(14(3)4)11-6-8-12(15)9-7-11/h6-10,13,15H,5H2,1-4H3/t10-,13-/m1/s1. The lowest BCUT2D eigenvalue weighted by molar-refractivity contribution is 0.219. The van der Waals surface area contributed by atoms with Crippen LogP contribution in [0.4, 0.5) is 0 Å². The van der Waals surface area contributed by atoms with Gasteiger partial charge in [-0.05, 0) is 37.7 Å². The van der Waals surface area contributed by atoms with Crippen molar-refractivity contribution in [3.05, 3.63) is 29.8 Å². The Balaban J connectivity index is 2.94. The van der Waals surface area contributed by atoms with Crippen molar-refractivity contribution in [1.82, 2.24) is 4.90 Å². The highest BCUT2D eigenvalue weighted by Gasteiger charge is 2.19. The molecule has 0 amide bonds. The molecular formula is C13H21NO. The van der Waals surface area contributed by atoms with E-state index in [1.165, 1.54) is 5.56 Å². The Kier molecular flexibility index (Phi) is 4.15. The minimum absolute atomic E-state index is 0.334. The first-order valence-electron chi connectivity index (χ1n) is 5.51. The topological polar surface area (TPSA) is 23.5 Å². The molecule has 1 N–H and O–H groups in total. The normalized spacial score (nSPS) is 15.3. The molecular weight excluding hydrogens is 186 g/mol. The number of hydrogen-bond acceptors (Lipinski definition) is 2. The van der Waals surface area contributed by atoms with Crippen LogP contribution in [0.1, 0.15) is 31.9 Å². The summed E-state index contributed by atoms with van der Waals surface area (Å²) < 4.78 is 0. The zero-order valence-electron chi connectivity index (χ0n) is 10.1. The Morgan fingerprint density at radius 3 is 2.13 bits per heavy atom. The molecule has 0 heterocycles. The van der Waals surface area contributed by atoms with E-state index in [1.807, 2.05) is 12.1 Å². The number of phenolic OH excluding ortho intramolecular Hbond substituents is 1. The van der Waals surface area contributed by atoms with Crippen molar-refractivity contribution in [3.8, 4) is 5.75 Å². The van der Waals surface area contributed by atoms with Gasteiger partial charge in [-0.15, -0.1) is 0 Å². The Hall–Kier alpha value is -1.02. The summed E-state index contributed by atoms with van der Waals surface area (Å²) in [5.74, 6) is 0.949. The maximum absolute atomic E-state index is 9.26. The van der Waals surface area contributed by atoms with Gasteiger partial charge in [-0.1, -0.05) is 32.4 Å². The molecule has 0 spiro atoms. The Morgan fingerprint density at radius 2 is 1.73 bits per heavy atom. The highest BCUT2D eigenvalue weighted by atomic mass is 16.3. The van der Waals surface area contributed by atoms with E-state index in [0.29, 0.717) is 17.7 Å². The predicted octanol–water partition coefficient (Wildman–Crippen LogP) is 3.04. The van der Waals surface area contributed by atoms with Crippen LogP contribution in [0.2, 0.25) is 0 Å². The molecule has 0 aliphatic carbocycles. The molecule has 0 aliphatic rings. The first-order valence-corrected chi connectivity index (χ1v) is 5.51. The van der Waals surface area contributed by atoms with Gasteiger partial charge in [-0.25, -0.2) is 0 Å². The van der Waals surface area contributed by atoms with Crippen LogP contribution < -0.4 is 0 Å². The molecule has 0 aliphatic heterocycles. The zero-order valence-corrected chi connectivity index (χ0v) is 10.1. The summed E-state index contributed by atoms with van der Waals surface area (Å²) >= 11 is 0. The van der Waals surface area contributed by atoms with E-state index >= 15 is 0 Å². The zero-order chi connectivity index (χ0) is 11.4. The van der Waals surface area contributed by atoms with Gasteiger partial charge < -0.3 is 10.0 Å². The van der Waals surface area contributed by atoms with Gasteiger partial charge in [0, 0.05) is 6.04 Å². The summed E-state index contributed by atoms with van der Waals surface area (Å²) in [4.78, 5) is 2.24. The first-order chi connectivity index (χ1) is 7.06. The highest BCUT2D eigenvalue weighted by molar-refractivity contribution is 5.28. The number of benzene rings is 1. The molecule has 0 aromatic heterocycles. The van der Waals surface area contributed by atoms with Crippen molar-refractivity contribution in [1.29, 1.82) is 0 Å². The molecule has 2 atom stereocenters. The maximum atomic E-state index is 9.26. The lowest BCUT2D eigenvalue weighted by Crippen LogP contribution is -2.25. The van der Waals surface area contributed by atoms with E-state index in [-0.39, 0.29) is 0 Å². The predicted molar refractivity (Wildman–Crippen MR) is 64.0 cm³/mol. The number of rotatable bonds is 4. The van der Waals surface area contributed by atoms with Crippen LogP contribution in [0.25, 0.3) is 0 Å². The molecule has 0 unspecified atom stereocenters. The Morgan fingerprint density at radius 1 is 1.20 bits per heavy atom. The molecule has 0 fully saturated rings. The van der Waals surface area contributed by atoms with Gasteiger partial charge in [0.15, 0.2) is 0 Å². The third-order valence-electron chi connectivity index (χ3n) is 2.97. The van der Waals surface area contributed by atoms with E-state index in [4.69, 9.17) is 0 Å². The van der Waals surface area contributed by atoms with E-state index in [2.05, 4.69) is 32.8 Å². The molecule has 2 nitrogen and oxygen atoms in total. The van der Waals surface area contributed by atoms with Crippen LogP contribution in [0.3, 0.4) is 0 Å². The molecule has 0 saturated heterocycles. The van der Waals surface area contributed by atoms with Crippen molar-refractivity contribution in [2.45, 2.75) is 26.3 Å². The fourth-order valence-electron chi connectivity index (χ4n) is 2.03. The van der Waals surface area contributed by atoms with Gasteiger partial charge in [0.05, 0.1) is 0 Å². The van der Waals surface area contributed by atoms with Crippen molar-refractivity contribution < 1.29 is 5.11 Å². The van der Waals surface area contributed by atoms with Crippen LogP contribution >= 0.6 is 0 Å². The van der Waals surface area contributed by atoms with Crippen molar-refractivity contribution in [3.63, 3.8) is 0 Å². The SMILES string of the molecule is CC[C@@H](C)[C@H](c1ccc(O)cc1)N(C)C. The molecule has 1 aromatic carbocycles. The molecule has 0 saturated carbocycles. The minimum atomic E-state index is 0.334. The van der Waals surface area contributed by atoms with Crippen molar-refractivity contribution in [2.75, 3.05) is 14.1 Å². The third-order valence-corrected chi connectivity index (χ3v) is 2.97.